The second-order valence-corrected chi connectivity index (χ2v) is 5.98. The topological polar surface area (TPSA) is 140 Å². The van der Waals surface area contributed by atoms with E-state index in [2.05, 4.69) is 20.5 Å². The molecule has 0 radical (unpaired) electrons. The number of nitrogens with one attached hydrogen (secondary N) is 2. The van der Waals surface area contributed by atoms with Crippen LogP contribution >= 0.6 is 11.3 Å². The summed E-state index contributed by atoms with van der Waals surface area (Å²) < 4.78 is 0. The zero-order valence-corrected chi connectivity index (χ0v) is 13.3. The molecule has 3 rings (SSSR count). The Kier molecular flexibility index (Phi) is 3.89. The van der Waals surface area contributed by atoms with Crippen molar-refractivity contribution in [3.8, 4) is 11.8 Å². The van der Waals surface area contributed by atoms with E-state index in [1.807, 2.05) is 19.1 Å². The number of aromatic amines is 1. The quantitative estimate of drug-likeness (QED) is 0.424. The first kappa shape index (κ1) is 15.5. The third-order valence-electron chi connectivity index (χ3n) is 3.29. The Hall–Kier alpha value is -3.38. The second-order valence-electron chi connectivity index (χ2n) is 4.98. The van der Waals surface area contributed by atoms with Crippen LogP contribution in [0, 0.1) is 18.3 Å². The van der Waals surface area contributed by atoms with Crippen LogP contribution in [0.25, 0.3) is 10.9 Å². The van der Waals surface area contributed by atoms with Gasteiger partial charge in [0.2, 0.25) is 5.13 Å². The van der Waals surface area contributed by atoms with Crippen LogP contribution < -0.4 is 16.7 Å². The van der Waals surface area contributed by atoms with Crippen LogP contribution in [0.4, 0.5) is 10.9 Å². The minimum Gasteiger partial charge on any atom is -0.506 e. The molecule has 0 fully saturated rings. The number of hydrogen-bond acceptors (Lipinski definition) is 8. The van der Waals surface area contributed by atoms with Crippen LogP contribution in [-0.2, 0) is 0 Å². The predicted octanol–water partition coefficient (Wildman–Crippen LogP) is 1.90. The largest absolute Gasteiger partial charge is 0.506 e. The molecule has 0 aliphatic heterocycles. The van der Waals surface area contributed by atoms with E-state index in [4.69, 9.17) is 11.0 Å². The monoisotopic (exact) mass is 340 g/mol. The maximum Gasteiger partial charge on any atom is 0.261 e. The molecule has 9 heteroatoms. The first-order valence-electron chi connectivity index (χ1n) is 6.80. The summed E-state index contributed by atoms with van der Waals surface area (Å²) in [7, 11) is 0. The molecule has 0 saturated carbocycles. The SMILES string of the molecule is Cc1ccc2[nH]c(=O)c(/C=N\Nc3nc(N)c(C#N)s3)c(O)c2c1. The summed E-state index contributed by atoms with van der Waals surface area (Å²) in [5, 5.41) is 23.9. The average Bonchev–Trinajstić information content (AvgIpc) is 2.91. The number of pyridine rings is 1. The van der Waals surface area contributed by atoms with Crippen molar-refractivity contribution in [2.75, 3.05) is 11.2 Å². The number of fused-ring (bicyclic) bond motifs is 1. The number of aryl methyl sites for hydroxylation is 1. The minimum absolute atomic E-state index is 0.0191. The van der Waals surface area contributed by atoms with Crippen molar-refractivity contribution in [1.29, 1.82) is 5.26 Å². The smallest absolute Gasteiger partial charge is 0.261 e. The van der Waals surface area contributed by atoms with Gasteiger partial charge >= 0.3 is 0 Å². The summed E-state index contributed by atoms with van der Waals surface area (Å²) in [4.78, 5) is 19.0. The van der Waals surface area contributed by atoms with Gasteiger partial charge in [-0.15, -0.1) is 0 Å². The van der Waals surface area contributed by atoms with Crippen molar-refractivity contribution in [3.63, 3.8) is 0 Å². The van der Waals surface area contributed by atoms with Crippen LogP contribution in [0.3, 0.4) is 0 Å². The van der Waals surface area contributed by atoms with Gasteiger partial charge in [0.05, 0.1) is 11.7 Å². The fourth-order valence-electron chi connectivity index (χ4n) is 2.14. The lowest BCUT2D eigenvalue weighted by Gasteiger charge is -2.05. The lowest BCUT2D eigenvalue weighted by molar-refractivity contribution is 0.479. The Morgan fingerprint density at radius 2 is 2.33 bits per heavy atom. The van der Waals surface area contributed by atoms with E-state index in [1.165, 1.54) is 6.21 Å². The van der Waals surface area contributed by atoms with Gasteiger partial charge in [-0.1, -0.05) is 23.0 Å². The molecule has 0 atom stereocenters. The van der Waals surface area contributed by atoms with Gasteiger partial charge in [-0.05, 0) is 19.1 Å². The number of aromatic nitrogens is 2. The lowest BCUT2D eigenvalue weighted by Crippen LogP contribution is -2.13. The molecule has 3 aromatic rings. The summed E-state index contributed by atoms with van der Waals surface area (Å²) in [6.07, 6.45) is 1.19. The second kappa shape index (κ2) is 6.02. The summed E-state index contributed by atoms with van der Waals surface area (Å²) in [5.74, 6) is -0.0403. The van der Waals surface area contributed by atoms with Gasteiger partial charge in [0.1, 0.15) is 17.4 Å². The number of anilines is 2. The van der Waals surface area contributed by atoms with E-state index in [0.717, 1.165) is 16.9 Å². The predicted molar refractivity (Wildman–Crippen MR) is 93.4 cm³/mol. The fraction of sp³-hybridized carbons (Fsp3) is 0.0667. The van der Waals surface area contributed by atoms with E-state index in [9.17, 15) is 9.90 Å². The van der Waals surface area contributed by atoms with Crippen LogP contribution in [0.15, 0.2) is 28.1 Å². The van der Waals surface area contributed by atoms with Gasteiger partial charge in [0.15, 0.2) is 10.7 Å². The molecule has 8 nitrogen and oxygen atoms in total. The van der Waals surface area contributed by atoms with Gasteiger partial charge in [0, 0.05) is 5.39 Å². The number of thiazole rings is 1. The molecule has 5 N–H and O–H groups in total. The summed E-state index contributed by atoms with van der Waals surface area (Å²) in [6.45, 7) is 1.89. The molecule has 0 unspecified atom stereocenters. The van der Waals surface area contributed by atoms with Crippen molar-refractivity contribution in [2.24, 2.45) is 5.10 Å². The zero-order valence-electron chi connectivity index (χ0n) is 12.5. The van der Waals surface area contributed by atoms with Crippen LogP contribution in [0.2, 0.25) is 0 Å². The maximum atomic E-state index is 12.1. The molecule has 24 heavy (non-hydrogen) atoms. The van der Waals surface area contributed by atoms with Crippen LogP contribution in [-0.4, -0.2) is 21.3 Å². The van der Waals surface area contributed by atoms with Crippen molar-refractivity contribution < 1.29 is 5.11 Å². The number of nitrogen functional groups attached to an aromatic ring is 1. The minimum atomic E-state index is -0.467. The molecular formula is C15H12N6O2S. The summed E-state index contributed by atoms with van der Waals surface area (Å²) >= 11 is 1.04. The third kappa shape index (κ3) is 2.78. The van der Waals surface area contributed by atoms with E-state index in [-0.39, 0.29) is 22.0 Å². The number of nitriles is 1. The molecule has 2 aromatic heterocycles. The Bertz CT molecular complexity index is 1060. The van der Waals surface area contributed by atoms with E-state index >= 15 is 0 Å². The van der Waals surface area contributed by atoms with E-state index < -0.39 is 5.56 Å². The Morgan fingerprint density at radius 1 is 1.54 bits per heavy atom. The van der Waals surface area contributed by atoms with Crippen molar-refractivity contribution >= 4 is 39.4 Å². The molecule has 0 amide bonds. The Morgan fingerprint density at radius 3 is 3.04 bits per heavy atom. The van der Waals surface area contributed by atoms with Crippen molar-refractivity contribution in [3.05, 3.63) is 44.6 Å². The zero-order chi connectivity index (χ0) is 17.3. The first-order chi connectivity index (χ1) is 11.5. The molecular weight excluding hydrogens is 328 g/mol. The van der Waals surface area contributed by atoms with Crippen LogP contribution in [0.1, 0.15) is 16.0 Å². The Labute approximate surface area is 139 Å². The first-order valence-corrected chi connectivity index (χ1v) is 7.62. The molecule has 0 aliphatic rings. The fourth-order valence-corrected chi connectivity index (χ4v) is 2.77. The highest BCUT2D eigenvalue weighted by Gasteiger charge is 2.11. The number of aromatic hydroxyl groups is 1. The van der Waals surface area contributed by atoms with Crippen molar-refractivity contribution in [2.45, 2.75) is 6.92 Å². The number of hydrazone groups is 1. The maximum absolute atomic E-state index is 12.1. The number of nitrogens with zero attached hydrogens (tertiary/aromatic N) is 3. The molecule has 120 valence electrons. The standard InChI is InChI=1S/C15H12N6O2S/c1-7-2-3-10-8(4-7)12(22)9(14(23)19-10)6-18-21-15-20-13(17)11(5-16)24-15/h2-4,6H,17H2,1H3,(H,20,21)(H2,19,22,23)/b18-6-. The molecule has 0 spiro atoms. The molecule has 2 heterocycles. The highest BCUT2D eigenvalue weighted by molar-refractivity contribution is 7.16. The molecule has 0 aliphatic carbocycles. The lowest BCUT2D eigenvalue weighted by atomic mass is 10.1. The van der Waals surface area contributed by atoms with Crippen LogP contribution in [0.5, 0.6) is 5.75 Å². The average molecular weight is 340 g/mol. The highest BCUT2D eigenvalue weighted by atomic mass is 32.1. The van der Waals surface area contributed by atoms with Gasteiger partial charge < -0.3 is 15.8 Å². The van der Waals surface area contributed by atoms with E-state index in [0.29, 0.717) is 16.0 Å². The Balaban J connectivity index is 1.94. The molecule has 0 bridgehead atoms. The summed E-state index contributed by atoms with van der Waals surface area (Å²) in [6, 6.07) is 7.25. The third-order valence-corrected chi connectivity index (χ3v) is 4.17. The van der Waals surface area contributed by atoms with Gasteiger partial charge in [-0.25, -0.2) is 4.98 Å². The number of hydrogen-bond donors (Lipinski definition) is 4. The number of H-pyrrole nitrogens is 1. The molecule has 0 saturated heterocycles. The number of benzene rings is 1. The van der Waals surface area contributed by atoms with E-state index in [1.54, 1.807) is 12.1 Å². The number of rotatable bonds is 3. The number of nitrogens with two attached hydrogens (primary N) is 1. The highest BCUT2D eigenvalue weighted by Crippen LogP contribution is 2.25. The van der Waals surface area contributed by atoms with Gasteiger partial charge in [-0.2, -0.15) is 10.4 Å². The normalized spacial score (nSPS) is 11.0. The van der Waals surface area contributed by atoms with Gasteiger partial charge in [-0.3, -0.25) is 10.2 Å². The van der Waals surface area contributed by atoms with Gasteiger partial charge in [0.25, 0.3) is 5.56 Å². The summed E-state index contributed by atoms with van der Waals surface area (Å²) in [5.41, 5.74) is 9.18. The van der Waals surface area contributed by atoms with Crippen molar-refractivity contribution in [1.82, 2.24) is 9.97 Å². The molecule has 1 aromatic carbocycles.